The number of aromatic nitrogens is 3. The molecule has 0 aliphatic rings. The Kier molecular flexibility index (Phi) is 8.54. The van der Waals surface area contributed by atoms with Crippen LogP contribution in [0.25, 0.3) is 22.8 Å². The number of unbranched alkanes of at least 4 members (excludes halogenated alkanes) is 6. The van der Waals surface area contributed by atoms with E-state index in [2.05, 4.69) is 24.4 Å². The Hall–Kier alpha value is -3.02. The quantitative estimate of drug-likeness (QED) is 0.241. The van der Waals surface area contributed by atoms with Gasteiger partial charge in [0.1, 0.15) is 22.5 Å². The lowest BCUT2D eigenvalue weighted by Crippen LogP contribution is -2.10. The average molecular weight is 437 g/mol. The smallest absolute Gasteiger partial charge is 0.121 e. The van der Waals surface area contributed by atoms with Crippen LogP contribution >= 0.6 is 0 Å². The number of methoxy groups -OCH3 is 1. The molecule has 0 spiro atoms. The second-order valence-electron chi connectivity index (χ2n) is 8.43. The summed E-state index contributed by atoms with van der Waals surface area (Å²) in [6.07, 6.45) is 10.6. The number of benzene rings is 2. The molecule has 32 heavy (non-hydrogen) atoms. The van der Waals surface area contributed by atoms with E-state index in [-0.39, 0.29) is 5.76 Å². The number of nitrogens with one attached hydrogen (secondary N) is 1. The molecule has 0 aliphatic heterocycles. The van der Waals surface area contributed by atoms with Gasteiger partial charge in [0, 0.05) is 18.2 Å². The third-order valence-electron chi connectivity index (χ3n) is 5.54. The van der Waals surface area contributed by atoms with Crippen molar-refractivity contribution in [1.29, 1.82) is 0 Å². The first kappa shape index (κ1) is 23.6. The largest absolute Gasteiger partial charge is 0.513 e. The van der Waals surface area contributed by atoms with Crippen molar-refractivity contribution in [2.24, 2.45) is 0 Å². The lowest BCUT2D eigenvalue weighted by Gasteiger charge is -2.16. The van der Waals surface area contributed by atoms with Gasteiger partial charge in [-0.2, -0.15) is 0 Å². The molecule has 0 unspecified atom stereocenters. The fraction of sp³-hybridized carbons (Fsp3) is 0.462. The standard InChI is InChI=1S/C26H36N4O2/c1-5-6-7-8-9-10-11-14-27-26-21(17-20(3)31)15-19(2)16-25(26)30-28-23-13-12-22(32-4)18-24(23)29-30/h12-13,15-18,27,31H,5-11,14H2,1-4H3. The van der Waals surface area contributed by atoms with Crippen LogP contribution in [0.2, 0.25) is 0 Å². The number of hydrogen-bond acceptors (Lipinski definition) is 5. The molecule has 172 valence electrons. The van der Waals surface area contributed by atoms with Gasteiger partial charge in [-0.05, 0) is 56.2 Å². The fourth-order valence-electron chi connectivity index (χ4n) is 3.91. The summed E-state index contributed by atoms with van der Waals surface area (Å²) in [5, 5.41) is 22.9. The predicted molar refractivity (Wildman–Crippen MR) is 133 cm³/mol. The summed E-state index contributed by atoms with van der Waals surface area (Å²) in [5.41, 5.74) is 5.40. The van der Waals surface area contributed by atoms with Gasteiger partial charge in [-0.3, -0.25) is 0 Å². The molecule has 0 fully saturated rings. The van der Waals surface area contributed by atoms with Crippen molar-refractivity contribution in [2.75, 3.05) is 19.0 Å². The van der Waals surface area contributed by atoms with Gasteiger partial charge in [-0.15, -0.1) is 15.0 Å². The van der Waals surface area contributed by atoms with Crippen LogP contribution in [-0.2, 0) is 0 Å². The van der Waals surface area contributed by atoms with Crippen molar-refractivity contribution in [3.8, 4) is 11.4 Å². The zero-order valence-electron chi connectivity index (χ0n) is 19.8. The Balaban J connectivity index is 1.85. The topological polar surface area (TPSA) is 72.2 Å². The van der Waals surface area contributed by atoms with E-state index >= 15 is 0 Å². The first-order valence-corrected chi connectivity index (χ1v) is 11.7. The Labute approximate surface area is 191 Å². The number of aliphatic hydroxyl groups is 1. The van der Waals surface area contributed by atoms with Crippen molar-refractivity contribution < 1.29 is 9.84 Å². The summed E-state index contributed by atoms with van der Waals surface area (Å²) in [7, 11) is 1.65. The van der Waals surface area contributed by atoms with Crippen molar-refractivity contribution >= 4 is 22.8 Å². The molecule has 0 saturated carbocycles. The number of allylic oxidation sites excluding steroid dienone is 1. The van der Waals surface area contributed by atoms with Crippen LogP contribution in [-0.4, -0.2) is 33.8 Å². The predicted octanol–water partition coefficient (Wildman–Crippen LogP) is 6.82. The second-order valence-corrected chi connectivity index (χ2v) is 8.43. The van der Waals surface area contributed by atoms with Crippen LogP contribution in [0.5, 0.6) is 5.75 Å². The lowest BCUT2D eigenvalue weighted by molar-refractivity contribution is 0.415. The summed E-state index contributed by atoms with van der Waals surface area (Å²) < 4.78 is 5.32. The first-order valence-electron chi connectivity index (χ1n) is 11.7. The average Bonchev–Trinajstić information content (AvgIpc) is 3.19. The summed E-state index contributed by atoms with van der Waals surface area (Å²) in [5.74, 6) is 1.02. The molecule has 2 N–H and O–H groups in total. The highest BCUT2D eigenvalue weighted by molar-refractivity contribution is 5.79. The Bertz CT molecular complexity index is 1050. The molecule has 3 aromatic rings. The van der Waals surface area contributed by atoms with Crippen molar-refractivity contribution in [3.63, 3.8) is 0 Å². The van der Waals surface area contributed by atoms with Gasteiger partial charge in [0.05, 0.1) is 18.6 Å². The fourth-order valence-corrected chi connectivity index (χ4v) is 3.91. The Morgan fingerprint density at radius 1 is 1.03 bits per heavy atom. The molecule has 0 aliphatic carbocycles. The first-order chi connectivity index (χ1) is 15.5. The number of ether oxygens (including phenoxy) is 1. The summed E-state index contributed by atoms with van der Waals surface area (Å²) in [6.45, 7) is 6.84. The van der Waals surface area contributed by atoms with E-state index in [9.17, 15) is 5.11 Å². The second kappa shape index (κ2) is 11.6. The van der Waals surface area contributed by atoms with Gasteiger partial charge in [0.25, 0.3) is 0 Å². The third-order valence-corrected chi connectivity index (χ3v) is 5.54. The van der Waals surface area contributed by atoms with Gasteiger partial charge in [0.2, 0.25) is 0 Å². The molecule has 2 aromatic carbocycles. The molecule has 3 rings (SSSR count). The minimum atomic E-state index is 0.267. The van der Waals surface area contributed by atoms with E-state index in [0.29, 0.717) is 0 Å². The maximum atomic E-state index is 9.95. The SMILES string of the molecule is CCCCCCCCCNc1c(C=C(C)O)cc(C)cc1-n1nc2ccc(OC)cc2n1. The maximum absolute atomic E-state index is 9.95. The van der Waals surface area contributed by atoms with E-state index in [1.54, 1.807) is 24.9 Å². The number of aryl methyl sites for hydroxylation is 1. The highest BCUT2D eigenvalue weighted by Crippen LogP contribution is 2.29. The molecule has 6 nitrogen and oxygen atoms in total. The van der Waals surface area contributed by atoms with Crippen LogP contribution in [0.4, 0.5) is 5.69 Å². The zero-order valence-corrected chi connectivity index (χ0v) is 19.8. The normalized spacial score (nSPS) is 11.8. The van der Waals surface area contributed by atoms with E-state index < -0.39 is 0 Å². The maximum Gasteiger partial charge on any atom is 0.121 e. The number of rotatable bonds is 12. The van der Waals surface area contributed by atoms with Gasteiger partial charge in [-0.25, -0.2) is 0 Å². The summed E-state index contributed by atoms with van der Waals surface area (Å²) in [6, 6.07) is 9.84. The van der Waals surface area contributed by atoms with Crippen molar-refractivity contribution in [1.82, 2.24) is 15.0 Å². The summed E-state index contributed by atoms with van der Waals surface area (Å²) in [4.78, 5) is 1.67. The van der Waals surface area contributed by atoms with Crippen LogP contribution < -0.4 is 10.1 Å². The van der Waals surface area contributed by atoms with Gasteiger partial charge < -0.3 is 15.2 Å². The minimum Gasteiger partial charge on any atom is -0.513 e. The molecule has 0 amide bonds. The van der Waals surface area contributed by atoms with E-state index in [1.165, 1.54) is 38.5 Å². The molecule has 0 atom stereocenters. The Morgan fingerprint density at radius 2 is 1.75 bits per heavy atom. The minimum absolute atomic E-state index is 0.267. The highest BCUT2D eigenvalue weighted by Gasteiger charge is 2.14. The number of anilines is 1. The molecular formula is C26H36N4O2. The number of hydrogen-bond donors (Lipinski definition) is 2. The number of aliphatic hydroxyl groups excluding tert-OH is 1. The summed E-state index contributed by atoms with van der Waals surface area (Å²) >= 11 is 0. The van der Waals surface area contributed by atoms with Crippen LogP contribution in [0.1, 0.15) is 69.9 Å². The molecule has 6 heteroatoms. The van der Waals surface area contributed by atoms with Gasteiger partial charge in [-0.1, -0.05) is 45.4 Å². The number of nitrogens with zero attached hydrogens (tertiary/aromatic N) is 3. The monoisotopic (exact) mass is 436 g/mol. The zero-order chi connectivity index (χ0) is 22.9. The van der Waals surface area contributed by atoms with E-state index in [4.69, 9.17) is 14.9 Å². The Morgan fingerprint density at radius 3 is 2.47 bits per heavy atom. The van der Waals surface area contributed by atoms with Crippen LogP contribution in [0, 0.1) is 6.92 Å². The van der Waals surface area contributed by atoms with E-state index in [1.807, 2.05) is 25.1 Å². The molecule has 0 bridgehead atoms. The van der Waals surface area contributed by atoms with E-state index in [0.717, 1.165) is 52.3 Å². The van der Waals surface area contributed by atoms with Gasteiger partial charge >= 0.3 is 0 Å². The third kappa shape index (κ3) is 6.25. The molecule has 0 radical (unpaired) electrons. The molecular weight excluding hydrogens is 400 g/mol. The van der Waals surface area contributed by atoms with Crippen molar-refractivity contribution in [3.05, 3.63) is 47.2 Å². The number of fused-ring (bicyclic) bond motifs is 1. The highest BCUT2D eigenvalue weighted by atomic mass is 16.5. The van der Waals surface area contributed by atoms with Crippen molar-refractivity contribution in [2.45, 2.75) is 65.7 Å². The molecule has 1 aromatic heterocycles. The van der Waals surface area contributed by atoms with Crippen LogP contribution in [0.3, 0.4) is 0 Å². The lowest BCUT2D eigenvalue weighted by atomic mass is 10.1. The van der Waals surface area contributed by atoms with Gasteiger partial charge in [0.15, 0.2) is 0 Å². The van der Waals surface area contributed by atoms with Crippen LogP contribution in [0.15, 0.2) is 36.1 Å². The molecule has 0 saturated heterocycles. The molecule has 1 heterocycles.